The largest absolute Gasteiger partial charge is 0.380 e. The van der Waals surface area contributed by atoms with Gasteiger partial charge in [0, 0.05) is 6.20 Å². The third-order valence-electron chi connectivity index (χ3n) is 2.54. The second-order valence-corrected chi connectivity index (χ2v) is 3.62. The lowest BCUT2D eigenvalue weighted by molar-refractivity contribution is 0.436. The predicted octanol–water partition coefficient (Wildman–Crippen LogP) is 2.31. The summed E-state index contributed by atoms with van der Waals surface area (Å²) in [7, 11) is 0. The van der Waals surface area contributed by atoms with Gasteiger partial charge < -0.3 is 10.3 Å². The van der Waals surface area contributed by atoms with Crippen molar-refractivity contribution in [3.8, 4) is 22.5 Å². The van der Waals surface area contributed by atoms with Gasteiger partial charge in [-0.2, -0.15) is 5.10 Å². The molecular formula is C12H10N4O. The molecule has 2 heterocycles. The molecule has 0 bridgehead atoms. The van der Waals surface area contributed by atoms with Crippen LogP contribution >= 0.6 is 0 Å². The Labute approximate surface area is 97.2 Å². The highest BCUT2D eigenvalue weighted by molar-refractivity contribution is 5.86. The highest BCUT2D eigenvalue weighted by Gasteiger charge is 2.17. The van der Waals surface area contributed by atoms with E-state index in [-0.39, 0.29) is 0 Å². The monoisotopic (exact) mass is 226 g/mol. The maximum absolute atomic E-state index is 5.84. The number of aromatic nitrogens is 3. The van der Waals surface area contributed by atoms with Crippen LogP contribution in [-0.2, 0) is 0 Å². The van der Waals surface area contributed by atoms with Crippen molar-refractivity contribution in [3.63, 3.8) is 0 Å². The lowest BCUT2D eigenvalue weighted by atomic mass is 10.0. The van der Waals surface area contributed by atoms with Crippen molar-refractivity contribution in [2.75, 3.05) is 5.73 Å². The van der Waals surface area contributed by atoms with Crippen LogP contribution in [0.5, 0.6) is 0 Å². The molecule has 0 aliphatic carbocycles. The van der Waals surface area contributed by atoms with Crippen molar-refractivity contribution < 1.29 is 4.52 Å². The lowest BCUT2D eigenvalue weighted by Crippen LogP contribution is -1.88. The number of nitrogens with one attached hydrogen (secondary N) is 1. The van der Waals surface area contributed by atoms with E-state index < -0.39 is 0 Å². The fourth-order valence-corrected chi connectivity index (χ4v) is 1.76. The van der Waals surface area contributed by atoms with E-state index in [1.54, 1.807) is 12.4 Å². The molecule has 2 aromatic heterocycles. The Kier molecular flexibility index (Phi) is 2.15. The molecule has 3 rings (SSSR count). The van der Waals surface area contributed by atoms with Crippen LogP contribution in [0.2, 0.25) is 0 Å². The van der Waals surface area contributed by atoms with E-state index in [2.05, 4.69) is 15.4 Å². The topological polar surface area (TPSA) is 80.7 Å². The third-order valence-corrected chi connectivity index (χ3v) is 2.54. The summed E-state index contributed by atoms with van der Waals surface area (Å²) in [5, 5.41) is 10.4. The Morgan fingerprint density at radius 3 is 2.65 bits per heavy atom. The summed E-state index contributed by atoms with van der Waals surface area (Å²) in [6.07, 6.45) is 3.42. The van der Waals surface area contributed by atoms with Crippen molar-refractivity contribution in [1.29, 1.82) is 0 Å². The Morgan fingerprint density at radius 1 is 1.12 bits per heavy atom. The van der Waals surface area contributed by atoms with Gasteiger partial charge in [0.15, 0.2) is 11.6 Å². The van der Waals surface area contributed by atoms with E-state index in [1.807, 2.05) is 30.3 Å². The molecule has 5 nitrogen and oxygen atoms in total. The van der Waals surface area contributed by atoms with Gasteiger partial charge >= 0.3 is 0 Å². The number of nitrogen functional groups attached to an aromatic ring is 1. The summed E-state index contributed by atoms with van der Waals surface area (Å²) < 4.78 is 5.26. The van der Waals surface area contributed by atoms with E-state index in [9.17, 15) is 0 Å². The van der Waals surface area contributed by atoms with Crippen LogP contribution in [0.3, 0.4) is 0 Å². The molecule has 0 amide bonds. The first-order chi connectivity index (χ1) is 8.36. The molecule has 1 aromatic carbocycles. The molecule has 84 valence electrons. The summed E-state index contributed by atoms with van der Waals surface area (Å²) in [5.74, 6) is 1.01. The van der Waals surface area contributed by atoms with Gasteiger partial charge in [0.2, 0.25) is 0 Å². The number of H-pyrrole nitrogens is 1. The van der Waals surface area contributed by atoms with Crippen molar-refractivity contribution in [2.24, 2.45) is 0 Å². The van der Waals surface area contributed by atoms with E-state index >= 15 is 0 Å². The fraction of sp³-hybridized carbons (Fsp3) is 0. The number of benzene rings is 1. The smallest absolute Gasteiger partial charge is 0.180 e. The number of nitrogens with two attached hydrogens (primary N) is 1. The van der Waals surface area contributed by atoms with Gasteiger partial charge in [-0.15, -0.1) is 0 Å². The molecule has 0 spiro atoms. The molecule has 0 unspecified atom stereocenters. The zero-order valence-electron chi connectivity index (χ0n) is 8.92. The number of anilines is 1. The second kappa shape index (κ2) is 3.79. The maximum atomic E-state index is 5.84. The zero-order valence-corrected chi connectivity index (χ0v) is 8.92. The molecule has 3 aromatic rings. The first-order valence-corrected chi connectivity index (χ1v) is 5.16. The third kappa shape index (κ3) is 1.57. The van der Waals surface area contributed by atoms with Gasteiger partial charge in [-0.3, -0.25) is 5.10 Å². The molecule has 0 fully saturated rings. The zero-order chi connectivity index (χ0) is 11.7. The minimum absolute atomic E-state index is 0.382. The Hall–Kier alpha value is -2.56. The highest BCUT2D eigenvalue weighted by Crippen LogP contribution is 2.35. The molecule has 0 radical (unpaired) electrons. The van der Waals surface area contributed by atoms with E-state index in [4.69, 9.17) is 10.3 Å². The molecule has 5 heteroatoms. The van der Waals surface area contributed by atoms with E-state index in [0.717, 1.165) is 16.7 Å². The molecule has 0 atom stereocenters. The number of hydrogen-bond donors (Lipinski definition) is 2. The first kappa shape index (κ1) is 9.65. The van der Waals surface area contributed by atoms with Crippen LogP contribution in [0.4, 0.5) is 5.82 Å². The van der Waals surface area contributed by atoms with Crippen LogP contribution in [0.25, 0.3) is 22.5 Å². The summed E-state index contributed by atoms with van der Waals surface area (Å²) in [6.45, 7) is 0. The standard InChI is InChI=1S/C12H10N4O/c13-12-10(8-4-2-1-3-5-8)11(17-16-12)9-6-14-15-7-9/h1-7H,(H2,13,16)(H,14,15). The molecular weight excluding hydrogens is 216 g/mol. The number of nitrogens with zero attached hydrogens (tertiary/aromatic N) is 2. The number of aromatic amines is 1. The first-order valence-electron chi connectivity index (χ1n) is 5.16. The Morgan fingerprint density at radius 2 is 1.94 bits per heavy atom. The molecule has 0 saturated carbocycles. The Bertz CT molecular complexity index is 613. The summed E-state index contributed by atoms with van der Waals surface area (Å²) >= 11 is 0. The van der Waals surface area contributed by atoms with Gasteiger partial charge in [0.25, 0.3) is 0 Å². The predicted molar refractivity (Wildman–Crippen MR) is 63.9 cm³/mol. The summed E-state index contributed by atoms with van der Waals surface area (Å²) in [4.78, 5) is 0. The molecule has 3 N–H and O–H groups in total. The van der Waals surface area contributed by atoms with Crippen molar-refractivity contribution in [1.82, 2.24) is 15.4 Å². The average Bonchev–Trinajstić information content (AvgIpc) is 2.98. The van der Waals surface area contributed by atoms with Crippen LogP contribution in [0.15, 0.2) is 47.2 Å². The van der Waals surface area contributed by atoms with Crippen molar-refractivity contribution >= 4 is 5.82 Å². The normalized spacial score (nSPS) is 10.6. The second-order valence-electron chi connectivity index (χ2n) is 3.62. The number of hydrogen-bond acceptors (Lipinski definition) is 4. The van der Waals surface area contributed by atoms with Gasteiger partial charge in [-0.1, -0.05) is 35.5 Å². The quantitative estimate of drug-likeness (QED) is 0.702. The van der Waals surface area contributed by atoms with Crippen LogP contribution in [-0.4, -0.2) is 15.4 Å². The van der Waals surface area contributed by atoms with Crippen LogP contribution in [0, 0.1) is 0 Å². The lowest BCUT2D eigenvalue weighted by Gasteiger charge is -1.99. The van der Waals surface area contributed by atoms with Crippen LogP contribution < -0.4 is 5.73 Å². The van der Waals surface area contributed by atoms with Gasteiger partial charge in [0.05, 0.1) is 17.3 Å². The SMILES string of the molecule is Nc1noc(-c2cn[nH]c2)c1-c1ccccc1. The number of rotatable bonds is 2. The Balaban J connectivity index is 2.20. The molecule has 0 saturated heterocycles. The van der Waals surface area contributed by atoms with Gasteiger partial charge in [0.1, 0.15) is 0 Å². The summed E-state index contributed by atoms with van der Waals surface area (Å²) in [5.41, 5.74) is 8.44. The average molecular weight is 226 g/mol. The van der Waals surface area contributed by atoms with Gasteiger partial charge in [-0.25, -0.2) is 0 Å². The highest BCUT2D eigenvalue weighted by atomic mass is 16.5. The molecule has 0 aliphatic heterocycles. The molecule has 0 aliphatic rings. The summed E-state index contributed by atoms with van der Waals surface area (Å²) in [6, 6.07) is 9.77. The van der Waals surface area contributed by atoms with Crippen molar-refractivity contribution in [3.05, 3.63) is 42.7 Å². The minimum atomic E-state index is 0.382. The maximum Gasteiger partial charge on any atom is 0.180 e. The van der Waals surface area contributed by atoms with Crippen molar-refractivity contribution in [2.45, 2.75) is 0 Å². The fourth-order valence-electron chi connectivity index (χ4n) is 1.76. The van der Waals surface area contributed by atoms with E-state index in [0.29, 0.717) is 11.6 Å². The molecule has 17 heavy (non-hydrogen) atoms. The van der Waals surface area contributed by atoms with Crippen LogP contribution in [0.1, 0.15) is 0 Å². The van der Waals surface area contributed by atoms with E-state index in [1.165, 1.54) is 0 Å². The minimum Gasteiger partial charge on any atom is -0.380 e. The van der Waals surface area contributed by atoms with Gasteiger partial charge in [-0.05, 0) is 5.56 Å².